The molecule has 78 valence electrons. The van der Waals surface area contributed by atoms with Crippen LogP contribution >= 0.6 is 0 Å². The van der Waals surface area contributed by atoms with Gasteiger partial charge in [0.05, 0.1) is 6.04 Å². The average Bonchev–Trinajstić information content (AvgIpc) is 2.63. The summed E-state index contributed by atoms with van der Waals surface area (Å²) in [6.07, 6.45) is 1.32. The Hall–Kier alpha value is -1.36. The Labute approximate surface area is 82.6 Å². The Bertz CT molecular complexity index is 320. The third kappa shape index (κ3) is 1.93. The lowest BCUT2D eigenvalue weighted by Crippen LogP contribution is -2.24. The number of nitrogens with two attached hydrogens (primary N) is 1. The van der Waals surface area contributed by atoms with Crippen LogP contribution in [0.3, 0.4) is 0 Å². The summed E-state index contributed by atoms with van der Waals surface area (Å²) in [5.74, 6) is -0.0131. The molecule has 0 aliphatic heterocycles. The predicted octanol–water partition coefficient (Wildman–Crippen LogP) is 0.690. The van der Waals surface area contributed by atoms with Gasteiger partial charge < -0.3 is 15.6 Å². The number of aromatic nitrogens is 1. The van der Waals surface area contributed by atoms with Gasteiger partial charge in [0.2, 0.25) is 0 Å². The summed E-state index contributed by atoms with van der Waals surface area (Å²) < 4.78 is 4.75. The third-order valence-corrected chi connectivity index (χ3v) is 2.10. The number of carbonyl (C=O) groups is 1. The molecule has 1 atom stereocenters. The number of hydrogen-bond acceptors (Lipinski definition) is 4. The maximum Gasteiger partial charge on any atom is 0.256 e. The predicted molar refractivity (Wildman–Crippen MR) is 51.7 cm³/mol. The fraction of sp³-hybridized carbons (Fsp3) is 0.556. The molecule has 0 spiro atoms. The molecule has 0 bridgehead atoms. The van der Waals surface area contributed by atoms with Crippen LogP contribution in [0.25, 0.3) is 0 Å². The monoisotopic (exact) mass is 197 g/mol. The van der Waals surface area contributed by atoms with Crippen LogP contribution in [0.15, 0.2) is 10.8 Å². The fourth-order valence-electron chi connectivity index (χ4n) is 1.11. The lowest BCUT2D eigenvalue weighted by Gasteiger charge is -2.13. The van der Waals surface area contributed by atoms with Gasteiger partial charge in [0.15, 0.2) is 0 Å². The molecule has 1 unspecified atom stereocenters. The molecule has 5 nitrogen and oxygen atoms in total. The van der Waals surface area contributed by atoms with Crippen LogP contribution in [0.1, 0.15) is 35.9 Å². The van der Waals surface area contributed by atoms with E-state index in [4.69, 9.17) is 10.3 Å². The van der Waals surface area contributed by atoms with Crippen LogP contribution in [0, 0.1) is 5.92 Å². The average molecular weight is 197 g/mol. The summed E-state index contributed by atoms with van der Waals surface area (Å²) in [6, 6.07) is -0.277. The molecule has 1 aromatic heterocycles. The van der Waals surface area contributed by atoms with E-state index in [-0.39, 0.29) is 17.9 Å². The van der Waals surface area contributed by atoms with Crippen molar-refractivity contribution in [2.24, 2.45) is 11.7 Å². The van der Waals surface area contributed by atoms with Gasteiger partial charge in [0.25, 0.3) is 5.91 Å². The standard InChI is InChI=1S/C9H15N3O2/c1-5(2)7(10)8-6(4-14-12-8)9(13)11-3/h4-5,7H,10H2,1-3H3,(H,11,13). The van der Waals surface area contributed by atoms with Crippen molar-refractivity contribution in [1.29, 1.82) is 0 Å². The molecule has 3 N–H and O–H groups in total. The zero-order chi connectivity index (χ0) is 10.7. The minimum absolute atomic E-state index is 0.212. The summed E-state index contributed by atoms with van der Waals surface area (Å²) in [6.45, 7) is 3.93. The highest BCUT2D eigenvalue weighted by molar-refractivity contribution is 5.94. The number of hydrogen-bond donors (Lipinski definition) is 2. The van der Waals surface area contributed by atoms with E-state index in [9.17, 15) is 4.79 Å². The highest BCUT2D eigenvalue weighted by atomic mass is 16.5. The first-order chi connectivity index (χ1) is 6.57. The third-order valence-electron chi connectivity index (χ3n) is 2.10. The summed E-state index contributed by atoms with van der Waals surface area (Å²) >= 11 is 0. The topological polar surface area (TPSA) is 81.2 Å². The van der Waals surface area contributed by atoms with Crippen molar-refractivity contribution >= 4 is 5.91 Å². The van der Waals surface area contributed by atoms with E-state index in [1.807, 2.05) is 13.8 Å². The quantitative estimate of drug-likeness (QED) is 0.747. The molecule has 0 saturated carbocycles. The lowest BCUT2D eigenvalue weighted by atomic mass is 9.99. The molecule has 1 rings (SSSR count). The highest BCUT2D eigenvalue weighted by Crippen LogP contribution is 2.20. The van der Waals surface area contributed by atoms with Crippen molar-refractivity contribution in [3.05, 3.63) is 17.5 Å². The van der Waals surface area contributed by atoms with E-state index >= 15 is 0 Å². The number of nitrogens with zero attached hydrogens (tertiary/aromatic N) is 1. The summed E-state index contributed by atoms with van der Waals surface area (Å²) in [5, 5.41) is 6.25. The minimum Gasteiger partial charge on any atom is -0.364 e. The van der Waals surface area contributed by atoms with Gasteiger partial charge in [0.1, 0.15) is 17.5 Å². The largest absolute Gasteiger partial charge is 0.364 e. The maximum atomic E-state index is 11.4. The van der Waals surface area contributed by atoms with Crippen LogP contribution in [0.5, 0.6) is 0 Å². The second-order valence-corrected chi connectivity index (χ2v) is 3.46. The SMILES string of the molecule is CNC(=O)c1conc1C(N)C(C)C. The zero-order valence-corrected chi connectivity index (χ0v) is 8.57. The molecular formula is C9H15N3O2. The van der Waals surface area contributed by atoms with Crippen molar-refractivity contribution in [3.63, 3.8) is 0 Å². The van der Waals surface area contributed by atoms with Gasteiger partial charge in [-0.25, -0.2) is 0 Å². The van der Waals surface area contributed by atoms with Gasteiger partial charge in [-0.15, -0.1) is 0 Å². The second kappa shape index (κ2) is 4.23. The molecule has 1 aromatic rings. The highest BCUT2D eigenvalue weighted by Gasteiger charge is 2.22. The van der Waals surface area contributed by atoms with Crippen molar-refractivity contribution in [2.75, 3.05) is 7.05 Å². The molecule has 1 heterocycles. The van der Waals surface area contributed by atoms with Gasteiger partial charge in [-0.3, -0.25) is 4.79 Å². The zero-order valence-electron chi connectivity index (χ0n) is 8.57. The summed E-state index contributed by atoms with van der Waals surface area (Å²) in [7, 11) is 1.56. The maximum absolute atomic E-state index is 11.4. The van der Waals surface area contributed by atoms with Gasteiger partial charge in [-0.05, 0) is 5.92 Å². The van der Waals surface area contributed by atoms with Crippen molar-refractivity contribution in [3.8, 4) is 0 Å². The summed E-state index contributed by atoms with van der Waals surface area (Å²) in [4.78, 5) is 11.4. The van der Waals surface area contributed by atoms with E-state index in [1.54, 1.807) is 7.05 Å². The van der Waals surface area contributed by atoms with Gasteiger partial charge in [-0.2, -0.15) is 0 Å². The number of carbonyl (C=O) groups excluding carboxylic acids is 1. The molecule has 0 radical (unpaired) electrons. The Morgan fingerprint density at radius 3 is 2.79 bits per heavy atom. The first kappa shape index (κ1) is 10.7. The normalized spacial score (nSPS) is 12.9. The van der Waals surface area contributed by atoms with Crippen molar-refractivity contribution in [1.82, 2.24) is 10.5 Å². The smallest absolute Gasteiger partial charge is 0.256 e. The van der Waals surface area contributed by atoms with E-state index in [0.29, 0.717) is 11.3 Å². The Morgan fingerprint density at radius 2 is 2.29 bits per heavy atom. The van der Waals surface area contributed by atoms with Crippen LogP contribution < -0.4 is 11.1 Å². The lowest BCUT2D eigenvalue weighted by molar-refractivity contribution is 0.0961. The van der Waals surface area contributed by atoms with Crippen LogP contribution in [0.4, 0.5) is 0 Å². The molecule has 0 fully saturated rings. The van der Waals surface area contributed by atoms with Gasteiger partial charge in [0, 0.05) is 7.05 Å². The van der Waals surface area contributed by atoms with Crippen molar-refractivity contribution < 1.29 is 9.32 Å². The number of rotatable bonds is 3. The Kier molecular flexibility index (Phi) is 3.24. The number of amides is 1. The fourth-order valence-corrected chi connectivity index (χ4v) is 1.11. The second-order valence-electron chi connectivity index (χ2n) is 3.46. The molecule has 0 aliphatic rings. The Balaban J connectivity index is 2.98. The molecule has 0 aromatic carbocycles. The van der Waals surface area contributed by atoms with E-state index in [1.165, 1.54) is 6.26 Å². The van der Waals surface area contributed by atoms with E-state index in [0.717, 1.165) is 0 Å². The number of nitrogens with one attached hydrogen (secondary N) is 1. The van der Waals surface area contributed by atoms with Crippen LogP contribution in [-0.2, 0) is 0 Å². The summed E-state index contributed by atoms with van der Waals surface area (Å²) in [5.41, 5.74) is 6.80. The van der Waals surface area contributed by atoms with Gasteiger partial charge >= 0.3 is 0 Å². The minimum atomic E-state index is -0.277. The molecule has 0 saturated heterocycles. The first-order valence-electron chi connectivity index (χ1n) is 4.49. The molecular weight excluding hydrogens is 182 g/mol. The van der Waals surface area contributed by atoms with Gasteiger partial charge in [-0.1, -0.05) is 19.0 Å². The van der Waals surface area contributed by atoms with E-state index in [2.05, 4.69) is 10.5 Å². The molecule has 0 aliphatic carbocycles. The molecule has 5 heteroatoms. The molecule has 1 amide bonds. The first-order valence-corrected chi connectivity index (χ1v) is 4.49. The molecule has 14 heavy (non-hydrogen) atoms. The van der Waals surface area contributed by atoms with Crippen molar-refractivity contribution in [2.45, 2.75) is 19.9 Å². The van der Waals surface area contributed by atoms with Crippen LogP contribution in [-0.4, -0.2) is 18.1 Å². The van der Waals surface area contributed by atoms with Crippen LogP contribution in [0.2, 0.25) is 0 Å². The Morgan fingerprint density at radius 1 is 1.64 bits per heavy atom. The van der Waals surface area contributed by atoms with E-state index < -0.39 is 0 Å².